The minimum Gasteiger partial charge on any atom is -0.397 e. The van der Waals surface area contributed by atoms with Crippen molar-refractivity contribution in [2.24, 2.45) is 0 Å². The number of nitrogen functional groups attached to an aromatic ring is 1. The number of para-hydroxylation sites is 1. The maximum atomic E-state index is 6.06. The van der Waals surface area contributed by atoms with Crippen LogP contribution in [0.3, 0.4) is 0 Å². The van der Waals surface area contributed by atoms with Gasteiger partial charge in [0.1, 0.15) is 0 Å². The Labute approximate surface area is 108 Å². The number of piperidine rings is 1. The first-order valence-electron chi connectivity index (χ1n) is 6.09. The second-order valence-corrected chi connectivity index (χ2v) is 5.01. The molecule has 0 saturated carbocycles. The van der Waals surface area contributed by atoms with E-state index in [9.17, 15) is 0 Å². The Hall–Kier alpha value is -0.990. The van der Waals surface area contributed by atoms with Crippen molar-refractivity contribution in [1.29, 1.82) is 0 Å². The maximum Gasteiger partial charge on any atom is 0.0638 e. The van der Waals surface area contributed by atoms with Gasteiger partial charge in [0, 0.05) is 6.54 Å². The van der Waals surface area contributed by atoms with E-state index in [0.717, 1.165) is 38.2 Å². The normalized spacial score (nSPS) is 18.2. The van der Waals surface area contributed by atoms with Gasteiger partial charge in [-0.2, -0.15) is 0 Å². The first-order valence-corrected chi connectivity index (χ1v) is 6.47. The van der Waals surface area contributed by atoms with Crippen LogP contribution < -0.4 is 5.73 Å². The molecule has 0 radical (unpaired) electrons. The number of nitrogens with zero attached hydrogens (tertiary/aromatic N) is 1. The third-order valence-corrected chi connectivity index (χ3v) is 3.83. The predicted octanol–water partition coefficient (Wildman–Crippen LogP) is 3.29. The molecule has 1 saturated heterocycles. The second kappa shape index (κ2) is 5.56. The second-order valence-electron chi connectivity index (χ2n) is 4.61. The Morgan fingerprint density at radius 1 is 1.41 bits per heavy atom. The summed E-state index contributed by atoms with van der Waals surface area (Å²) in [5, 5.41) is 0.677. The van der Waals surface area contributed by atoms with Crippen molar-refractivity contribution in [2.75, 3.05) is 25.4 Å². The van der Waals surface area contributed by atoms with E-state index in [1.165, 1.54) is 5.56 Å². The van der Waals surface area contributed by atoms with Gasteiger partial charge in [-0.05, 0) is 43.5 Å². The third kappa shape index (κ3) is 2.82. The average Bonchev–Trinajstić information content (AvgIpc) is 2.34. The molecule has 1 heterocycles. The lowest BCUT2D eigenvalue weighted by molar-refractivity contribution is 0.233. The van der Waals surface area contributed by atoms with Gasteiger partial charge in [-0.25, -0.2) is 0 Å². The molecule has 0 atom stereocenters. The summed E-state index contributed by atoms with van der Waals surface area (Å²) in [5.41, 5.74) is 8.02. The van der Waals surface area contributed by atoms with Gasteiger partial charge in [0.05, 0.1) is 10.7 Å². The molecule has 0 amide bonds. The summed E-state index contributed by atoms with van der Waals surface area (Å²) in [6.45, 7) is 6.99. The topological polar surface area (TPSA) is 29.3 Å². The highest BCUT2D eigenvalue weighted by Gasteiger charge is 2.21. The summed E-state index contributed by atoms with van der Waals surface area (Å²) < 4.78 is 0. The summed E-state index contributed by atoms with van der Waals surface area (Å²) in [7, 11) is 0. The van der Waals surface area contributed by atoms with Gasteiger partial charge < -0.3 is 5.73 Å². The Balaban J connectivity index is 2.05. The number of rotatable bonds is 3. The zero-order valence-electron chi connectivity index (χ0n) is 10.0. The molecule has 1 aromatic rings. The molecule has 2 nitrogen and oxygen atoms in total. The lowest BCUT2D eigenvalue weighted by Crippen LogP contribution is -2.33. The quantitative estimate of drug-likeness (QED) is 0.659. The SMILES string of the molecule is C=CCN1CCC(c2cccc(Cl)c2N)CC1. The minimum atomic E-state index is 0.551. The van der Waals surface area contributed by atoms with Crippen LogP contribution in [0.5, 0.6) is 0 Å². The van der Waals surface area contributed by atoms with Crippen molar-refractivity contribution in [2.45, 2.75) is 18.8 Å². The molecule has 0 spiro atoms. The number of nitrogens with two attached hydrogens (primary N) is 1. The summed E-state index contributed by atoms with van der Waals surface area (Å²) in [6.07, 6.45) is 4.27. The predicted molar refractivity (Wildman–Crippen MR) is 74.5 cm³/mol. The standard InChI is InChI=1S/C14H19ClN2/c1-2-8-17-9-6-11(7-10-17)12-4-3-5-13(15)14(12)16/h2-5,11H,1,6-10,16H2. The van der Waals surface area contributed by atoms with Crippen molar-refractivity contribution in [3.63, 3.8) is 0 Å². The number of hydrogen-bond acceptors (Lipinski definition) is 2. The van der Waals surface area contributed by atoms with E-state index in [4.69, 9.17) is 17.3 Å². The molecule has 92 valence electrons. The highest BCUT2D eigenvalue weighted by atomic mass is 35.5. The molecule has 0 aromatic heterocycles. The van der Waals surface area contributed by atoms with E-state index < -0.39 is 0 Å². The minimum absolute atomic E-state index is 0.551. The maximum absolute atomic E-state index is 6.06. The van der Waals surface area contributed by atoms with E-state index >= 15 is 0 Å². The Bertz CT molecular complexity index is 395. The molecular formula is C14H19ClN2. The fourth-order valence-electron chi connectivity index (χ4n) is 2.52. The van der Waals surface area contributed by atoms with Crippen LogP contribution in [-0.2, 0) is 0 Å². The first-order chi connectivity index (χ1) is 8.22. The summed E-state index contributed by atoms with van der Waals surface area (Å²) in [5.74, 6) is 0.551. The van der Waals surface area contributed by atoms with Crippen LogP contribution in [0.4, 0.5) is 5.69 Å². The van der Waals surface area contributed by atoms with E-state index in [2.05, 4.69) is 17.5 Å². The lowest BCUT2D eigenvalue weighted by atomic mass is 9.88. The van der Waals surface area contributed by atoms with Crippen LogP contribution in [0.15, 0.2) is 30.9 Å². The zero-order chi connectivity index (χ0) is 12.3. The average molecular weight is 251 g/mol. The van der Waals surface area contributed by atoms with Crippen LogP contribution in [-0.4, -0.2) is 24.5 Å². The van der Waals surface area contributed by atoms with Crippen molar-refractivity contribution >= 4 is 17.3 Å². The van der Waals surface area contributed by atoms with E-state index in [1.807, 2.05) is 18.2 Å². The van der Waals surface area contributed by atoms with Crippen molar-refractivity contribution < 1.29 is 0 Å². The Kier molecular flexibility index (Phi) is 4.08. The van der Waals surface area contributed by atoms with Gasteiger partial charge >= 0.3 is 0 Å². The van der Waals surface area contributed by atoms with E-state index in [-0.39, 0.29) is 0 Å². The Morgan fingerprint density at radius 2 is 2.12 bits per heavy atom. The highest BCUT2D eigenvalue weighted by Crippen LogP contribution is 2.34. The van der Waals surface area contributed by atoms with Crippen LogP contribution >= 0.6 is 11.6 Å². The van der Waals surface area contributed by atoms with Crippen LogP contribution in [0.1, 0.15) is 24.3 Å². The number of halogens is 1. The number of benzene rings is 1. The number of anilines is 1. The molecule has 3 heteroatoms. The van der Waals surface area contributed by atoms with Crippen molar-refractivity contribution in [1.82, 2.24) is 4.90 Å². The summed E-state index contributed by atoms with van der Waals surface area (Å²) >= 11 is 6.06. The zero-order valence-corrected chi connectivity index (χ0v) is 10.8. The van der Waals surface area contributed by atoms with Gasteiger partial charge in [0.25, 0.3) is 0 Å². The molecular weight excluding hydrogens is 232 g/mol. The van der Waals surface area contributed by atoms with Crippen LogP contribution in [0, 0.1) is 0 Å². The molecule has 0 bridgehead atoms. The molecule has 17 heavy (non-hydrogen) atoms. The van der Waals surface area contributed by atoms with E-state index in [0.29, 0.717) is 10.9 Å². The highest BCUT2D eigenvalue weighted by molar-refractivity contribution is 6.33. The molecule has 1 aliphatic rings. The molecule has 1 aromatic carbocycles. The fourth-order valence-corrected chi connectivity index (χ4v) is 2.70. The van der Waals surface area contributed by atoms with Crippen LogP contribution in [0.2, 0.25) is 5.02 Å². The van der Waals surface area contributed by atoms with E-state index in [1.54, 1.807) is 0 Å². The van der Waals surface area contributed by atoms with Gasteiger partial charge in [-0.15, -0.1) is 6.58 Å². The van der Waals surface area contributed by atoms with Gasteiger partial charge in [0.15, 0.2) is 0 Å². The monoisotopic (exact) mass is 250 g/mol. The summed E-state index contributed by atoms with van der Waals surface area (Å²) in [6, 6.07) is 5.95. The molecule has 0 aliphatic carbocycles. The van der Waals surface area contributed by atoms with Gasteiger partial charge in [-0.1, -0.05) is 29.8 Å². The van der Waals surface area contributed by atoms with Crippen molar-refractivity contribution in [3.8, 4) is 0 Å². The van der Waals surface area contributed by atoms with Gasteiger partial charge in [0.2, 0.25) is 0 Å². The molecule has 2 rings (SSSR count). The largest absolute Gasteiger partial charge is 0.397 e. The van der Waals surface area contributed by atoms with Crippen LogP contribution in [0.25, 0.3) is 0 Å². The van der Waals surface area contributed by atoms with Gasteiger partial charge in [-0.3, -0.25) is 4.90 Å². The Morgan fingerprint density at radius 3 is 2.76 bits per heavy atom. The molecule has 0 unspecified atom stereocenters. The molecule has 1 aliphatic heterocycles. The molecule has 2 N–H and O–H groups in total. The first kappa shape index (κ1) is 12.5. The lowest BCUT2D eigenvalue weighted by Gasteiger charge is -2.32. The fraction of sp³-hybridized carbons (Fsp3) is 0.429. The molecule has 1 fully saturated rings. The number of likely N-dealkylation sites (tertiary alicyclic amines) is 1. The number of hydrogen-bond donors (Lipinski definition) is 1. The third-order valence-electron chi connectivity index (χ3n) is 3.50. The summed E-state index contributed by atoms with van der Waals surface area (Å²) in [4.78, 5) is 2.42. The smallest absolute Gasteiger partial charge is 0.0638 e. The van der Waals surface area contributed by atoms with Crippen molar-refractivity contribution in [3.05, 3.63) is 41.4 Å².